The van der Waals surface area contributed by atoms with Crippen LogP contribution in [0.25, 0.3) is 0 Å². The summed E-state index contributed by atoms with van der Waals surface area (Å²) in [7, 11) is -2.24. The molecule has 0 bridgehead atoms. The largest absolute Gasteiger partial charge is 0.465 e. The van der Waals surface area contributed by atoms with Crippen molar-refractivity contribution in [3.8, 4) is 5.88 Å². The molecule has 1 fully saturated rings. The summed E-state index contributed by atoms with van der Waals surface area (Å²) in [6.45, 7) is 2.24. The monoisotopic (exact) mass is 411 g/mol. The van der Waals surface area contributed by atoms with Crippen molar-refractivity contribution in [2.45, 2.75) is 11.8 Å². The second-order valence-electron chi connectivity index (χ2n) is 6.39. The third kappa shape index (κ3) is 4.02. The third-order valence-corrected chi connectivity index (χ3v) is 6.28. The van der Waals surface area contributed by atoms with E-state index in [2.05, 4.69) is 5.16 Å². The van der Waals surface area contributed by atoms with E-state index in [-0.39, 0.29) is 55.2 Å². The summed E-state index contributed by atoms with van der Waals surface area (Å²) in [4.78, 5) is 25.1. The highest BCUT2D eigenvalue weighted by Gasteiger charge is 2.31. The summed E-state index contributed by atoms with van der Waals surface area (Å²) >= 11 is 0. The first-order valence-electron chi connectivity index (χ1n) is 8.48. The summed E-state index contributed by atoms with van der Waals surface area (Å²) in [5.41, 5.74) is 5.34. The Hall–Kier alpha value is -2.86. The van der Waals surface area contributed by atoms with E-state index >= 15 is 0 Å². The Kier molecular flexibility index (Phi) is 5.42. The van der Waals surface area contributed by atoms with E-state index in [0.717, 1.165) is 0 Å². The molecule has 3 rings (SSSR count). The fourth-order valence-corrected chi connectivity index (χ4v) is 4.38. The number of aryl methyl sites for hydroxylation is 2. The van der Waals surface area contributed by atoms with Gasteiger partial charge in [0.15, 0.2) is 6.61 Å². The van der Waals surface area contributed by atoms with Crippen LogP contribution in [0.2, 0.25) is 0 Å². The zero-order valence-corrected chi connectivity index (χ0v) is 16.3. The summed E-state index contributed by atoms with van der Waals surface area (Å²) in [6.07, 6.45) is 1.35. The van der Waals surface area contributed by atoms with Crippen molar-refractivity contribution >= 4 is 21.8 Å². The molecule has 0 aliphatic carbocycles. The van der Waals surface area contributed by atoms with Gasteiger partial charge in [0.25, 0.3) is 17.7 Å². The number of nitrogens with zero attached hydrogens (tertiary/aromatic N) is 4. The Balaban J connectivity index is 1.58. The number of rotatable bonds is 6. The van der Waals surface area contributed by atoms with Gasteiger partial charge in [0, 0.05) is 45.5 Å². The molecule has 2 aromatic rings. The summed E-state index contributed by atoms with van der Waals surface area (Å²) in [6, 6.07) is 2.82. The molecule has 0 aromatic carbocycles. The Bertz CT molecular complexity index is 987. The van der Waals surface area contributed by atoms with Crippen LogP contribution in [-0.4, -0.2) is 71.9 Å². The number of carbonyl (C=O) groups is 2. The molecule has 152 valence electrons. The van der Waals surface area contributed by atoms with E-state index in [1.807, 2.05) is 0 Å². The van der Waals surface area contributed by atoms with E-state index in [1.165, 1.54) is 26.0 Å². The molecule has 2 amide bonds. The molecule has 1 aliphatic rings. The molecular formula is C16H21N5O6S. The van der Waals surface area contributed by atoms with Crippen molar-refractivity contribution in [1.82, 2.24) is 18.9 Å². The van der Waals surface area contributed by atoms with Gasteiger partial charge in [0.2, 0.25) is 10.0 Å². The van der Waals surface area contributed by atoms with Gasteiger partial charge in [0.1, 0.15) is 16.3 Å². The van der Waals surface area contributed by atoms with Crippen molar-refractivity contribution < 1.29 is 27.3 Å². The molecule has 12 heteroatoms. The minimum absolute atomic E-state index is 0.00619. The van der Waals surface area contributed by atoms with Crippen LogP contribution in [0.4, 0.5) is 0 Å². The van der Waals surface area contributed by atoms with Crippen molar-refractivity contribution in [1.29, 1.82) is 0 Å². The molecule has 3 heterocycles. The molecule has 0 spiro atoms. The Labute approximate surface area is 161 Å². The SMILES string of the molecule is Cc1cc(OCC(=O)N2CCN(S(=O)(=O)c3cc(C(N)=O)n(C)c3)CC2)no1. The lowest BCUT2D eigenvalue weighted by atomic mass is 10.3. The number of amides is 2. The number of hydrogen-bond donors (Lipinski definition) is 1. The topological polar surface area (TPSA) is 141 Å². The Morgan fingerprint density at radius 2 is 1.93 bits per heavy atom. The Morgan fingerprint density at radius 3 is 2.46 bits per heavy atom. The van der Waals surface area contributed by atoms with Gasteiger partial charge in [-0.2, -0.15) is 4.31 Å². The van der Waals surface area contributed by atoms with Crippen molar-refractivity contribution in [2.75, 3.05) is 32.8 Å². The van der Waals surface area contributed by atoms with Crippen LogP contribution in [0.5, 0.6) is 5.88 Å². The van der Waals surface area contributed by atoms with Crippen LogP contribution in [0.15, 0.2) is 27.7 Å². The number of ether oxygens (including phenoxy) is 1. The van der Waals surface area contributed by atoms with E-state index in [4.69, 9.17) is 15.0 Å². The standard InChI is InChI=1S/C16H21N5O6S/c1-11-7-14(18-27-11)26-10-15(22)20-3-5-21(6-4-20)28(24,25)12-8-13(16(17)23)19(2)9-12/h7-9H,3-6,10H2,1-2H3,(H2,17,23). The lowest BCUT2D eigenvalue weighted by molar-refractivity contribution is -0.134. The van der Waals surface area contributed by atoms with Crippen molar-refractivity contribution in [3.05, 3.63) is 29.8 Å². The molecule has 0 saturated carbocycles. The van der Waals surface area contributed by atoms with Gasteiger partial charge in [-0.15, -0.1) is 0 Å². The second kappa shape index (κ2) is 7.64. The van der Waals surface area contributed by atoms with Crippen LogP contribution >= 0.6 is 0 Å². The lowest BCUT2D eigenvalue weighted by Crippen LogP contribution is -2.51. The first-order chi connectivity index (χ1) is 13.2. The molecule has 11 nitrogen and oxygen atoms in total. The maximum absolute atomic E-state index is 12.8. The third-order valence-electron chi connectivity index (χ3n) is 4.41. The molecule has 0 radical (unpaired) electrons. The number of hydrogen-bond acceptors (Lipinski definition) is 7. The molecule has 1 aliphatic heterocycles. The first-order valence-corrected chi connectivity index (χ1v) is 9.92. The van der Waals surface area contributed by atoms with Gasteiger partial charge < -0.3 is 24.5 Å². The van der Waals surface area contributed by atoms with Gasteiger partial charge in [-0.1, -0.05) is 0 Å². The number of carbonyl (C=O) groups excluding carboxylic acids is 2. The maximum Gasteiger partial charge on any atom is 0.265 e. The first kappa shape index (κ1) is 19.9. The number of primary amides is 1. The fraction of sp³-hybridized carbons (Fsp3) is 0.438. The summed E-state index contributed by atoms with van der Waals surface area (Å²) in [5, 5.41) is 3.64. The predicted octanol–water partition coefficient (Wildman–Crippen LogP) is -0.668. The van der Waals surface area contributed by atoms with Crippen LogP contribution in [0.1, 0.15) is 16.2 Å². The minimum atomic E-state index is -3.79. The molecule has 28 heavy (non-hydrogen) atoms. The van der Waals surface area contributed by atoms with Gasteiger partial charge in [-0.25, -0.2) is 8.42 Å². The quantitative estimate of drug-likeness (QED) is 0.665. The van der Waals surface area contributed by atoms with Crippen molar-refractivity contribution in [2.24, 2.45) is 12.8 Å². The smallest absolute Gasteiger partial charge is 0.265 e. The van der Waals surface area contributed by atoms with E-state index in [1.54, 1.807) is 20.0 Å². The molecular weight excluding hydrogens is 390 g/mol. The summed E-state index contributed by atoms with van der Waals surface area (Å²) < 4.78 is 38.3. The fourth-order valence-electron chi connectivity index (χ4n) is 2.89. The highest BCUT2D eigenvalue weighted by molar-refractivity contribution is 7.89. The number of nitrogens with two attached hydrogens (primary N) is 1. The lowest BCUT2D eigenvalue weighted by Gasteiger charge is -2.33. The van der Waals surface area contributed by atoms with Crippen LogP contribution < -0.4 is 10.5 Å². The zero-order chi connectivity index (χ0) is 20.5. The molecule has 2 N–H and O–H groups in total. The van der Waals surface area contributed by atoms with E-state index in [0.29, 0.717) is 5.76 Å². The van der Waals surface area contributed by atoms with Crippen molar-refractivity contribution in [3.63, 3.8) is 0 Å². The molecule has 0 unspecified atom stereocenters. The Morgan fingerprint density at radius 1 is 1.25 bits per heavy atom. The predicted molar refractivity (Wildman–Crippen MR) is 96.0 cm³/mol. The average molecular weight is 411 g/mol. The summed E-state index contributed by atoms with van der Waals surface area (Å²) in [5.74, 6) is -0.182. The van der Waals surface area contributed by atoms with Gasteiger partial charge >= 0.3 is 0 Å². The second-order valence-corrected chi connectivity index (χ2v) is 8.32. The average Bonchev–Trinajstić information content (AvgIpc) is 3.25. The molecule has 2 aromatic heterocycles. The van der Waals surface area contributed by atoms with Crippen LogP contribution in [0, 0.1) is 6.92 Å². The number of sulfonamides is 1. The molecule has 1 saturated heterocycles. The zero-order valence-electron chi connectivity index (χ0n) is 15.5. The number of aromatic nitrogens is 2. The highest BCUT2D eigenvalue weighted by atomic mass is 32.2. The van der Waals surface area contributed by atoms with E-state index in [9.17, 15) is 18.0 Å². The van der Waals surface area contributed by atoms with Gasteiger partial charge in [0.05, 0.1) is 0 Å². The molecule has 0 atom stereocenters. The number of piperazine rings is 1. The minimum Gasteiger partial charge on any atom is -0.465 e. The maximum atomic E-state index is 12.8. The van der Waals surface area contributed by atoms with Gasteiger partial charge in [-0.3, -0.25) is 9.59 Å². The normalized spacial score (nSPS) is 15.6. The van der Waals surface area contributed by atoms with Gasteiger partial charge in [-0.05, 0) is 18.1 Å². The van der Waals surface area contributed by atoms with E-state index < -0.39 is 15.9 Å². The highest BCUT2D eigenvalue weighted by Crippen LogP contribution is 2.20. The van der Waals surface area contributed by atoms with Crippen LogP contribution in [-0.2, 0) is 21.9 Å². The van der Waals surface area contributed by atoms with Crippen LogP contribution in [0.3, 0.4) is 0 Å².